The molecule has 1 aromatic heterocycles. The standard InChI is InChI=1S/C17H15Cl2FN2O2/c1-3-10(2)24-14-8-11(13(20)9-12(14)18)15-16(19)21-6-4-5-7-22(21)17(15)23/h1,8-10H,4-7H2,2H3. The molecular weight excluding hydrogens is 354 g/mol. The molecule has 0 N–H and O–H groups in total. The number of terminal acetylenes is 1. The highest BCUT2D eigenvalue weighted by atomic mass is 35.5. The van der Waals surface area contributed by atoms with E-state index < -0.39 is 11.9 Å². The number of ether oxygens (including phenoxy) is 1. The van der Waals surface area contributed by atoms with Gasteiger partial charge in [-0.3, -0.25) is 9.48 Å². The van der Waals surface area contributed by atoms with E-state index in [1.807, 2.05) is 0 Å². The smallest absolute Gasteiger partial charge is 0.276 e. The lowest BCUT2D eigenvalue weighted by Gasteiger charge is -2.17. The van der Waals surface area contributed by atoms with E-state index in [1.165, 1.54) is 6.07 Å². The van der Waals surface area contributed by atoms with Crippen LogP contribution in [-0.2, 0) is 13.1 Å². The van der Waals surface area contributed by atoms with Gasteiger partial charge in [-0.05, 0) is 31.9 Å². The number of fused-ring (bicyclic) bond motifs is 1. The fourth-order valence-corrected chi connectivity index (χ4v) is 3.34. The molecule has 0 spiro atoms. The van der Waals surface area contributed by atoms with Crippen LogP contribution in [0.4, 0.5) is 4.39 Å². The van der Waals surface area contributed by atoms with Crippen LogP contribution in [0.25, 0.3) is 11.1 Å². The van der Waals surface area contributed by atoms with Crippen molar-refractivity contribution in [3.05, 3.63) is 38.5 Å². The largest absolute Gasteiger partial charge is 0.476 e. The summed E-state index contributed by atoms with van der Waals surface area (Å²) in [6.07, 6.45) is 6.56. The molecule has 1 unspecified atom stereocenters. The Morgan fingerprint density at radius 1 is 1.29 bits per heavy atom. The highest BCUT2D eigenvalue weighted by Gasteiger charge is 2.25. The molecule has 3 rings (SSSR count). The molecule has 24 heavy (non-hydrogen) atoms. The van der Waals surface area contributed by atoms with Gasteiger partial charge in [-0.1, -0.05) is 29.1 Å². The monoisotopic (exact) mass is 368 g/mol. The molecular formula is C17H15Cl2FN2O2. The Morgan fingerprint density at radius 2 is 1.96 bits per heavy atom. The van der Waals surface area contributed by atoms with Gasteiger partial charge in [0.25, 0.3) is 5.56 Å². The Bertz CT molecular complexity index is 895. The van der Waals surface area contributed by atoms with Gasteiger partial charge in [-0.2, -0.15) is 0 Å². The molecule has 7 heteroatoms. The van der Waals surface area contributed by atoms with Crippen molar-refractivity contribution >= 4 is 23.2 Å². The number of nitrogens with zero attached hydrogens (tertiary/aromatic N) is 2. The summed E-state index contributed by atoms with van der Waals surface area (Å²) in [6.45, 7) is 2.85. The number of aromatic nitrogens is 2. The Balaban J connectivity index is 2.17. The number of hydrogen-bond acceptors (Lipinski definition) is 2. The van der Waals surface area contributed by atoms with Crippen molar-refractivity contribution in [1.82, 2.24) is 9.36 Å². The maximum Gasteiger partial charge on any atom is 0.276 e. The van der Waals surface area contributed by atoms with Crippen LogP contribution in [0.15, 0.2) is 16.9 Å². The summed E-state index contributed by atoms with van der Waals surface area (Å²) in [4.78, 5) is 12.6. The van der Waals surface area contributed by atoms with Gasteiger partial charge in [0.2, 0.25) is 0 Å². The Hall–Kier alpha value is -1.90. The molecule has 0 saturated heterocycles. The van der Waals surface area contributed by atoms with Crippen LogP contribution in [0.1, 0.15) is 19.8 Å². The molecule has 126 valence electrons. The van der Waals surface area contributed by atoms with E-state index in [-0.39, 0.29) is 32.6 Å². The zero-order chi connectivity index (χ0) is 17.4. The number of benzene rings is 1. The molecule has 0 saturated carbocycles. The molecule has 1 aromatic carbocycles. The summed E-state index contributed by atoms with van der Waals surface area (Å²) < 4.78 is 23.2. The van der Waals surface area contributed by atoms with Gasteiger partial charge in [0, 0.05) is 18.7 Å². The molecule has 1 aliphatic rings. The zero-order valence-corrected chi connectivity index (χ0v) is 14.5. The molecule has 0 radical (unpaired) electrons. The van der Waals surface area contributed by atoms with Crippen molar-refractivity contribution < 1.29 is 9.13 Å². The average molecular weight is 369 g/mol. The topological polar surface area (TPSA) is 36.2 Å². The van der Waals surface area contributed by atoms with Crippen LogP contribution in [0.2, 0.25) is 10.2 Å². The molecule has 0 bridgehead atoms. The van der Waals surface area contributed by atoms with Crippen LogP contribution in [0, 0.1) is 18.2 Å². The van der Waals surface area contributed by atoms with Crippen molar-refractivity contribution in [3.63, 3.8) is 0 Å². The van der Waals surface area contributed by atoms with E-state index in [9.17, 15) is 9.18 Å². The van der Waals surface area contributed by atoms with Crippen molar-refractivity contribution in [1.29, 1.82) is 0 Å². The molecule has 0 aliphatic carbocycles. The van der Waals surface area contributed by atoms with Gasteiger partial charge >= 0.3 is 0 Å². The van der Waals surface area contributed by atoms with Gasteiger partial charge in [-0.15, -0.1) is 6.42 Å². The van der Waals surface area contributed by atoms with Crippen LogP contribution in [-0.4, -0.2) is 15.5 Å². The SMILES string of the molecule is C#CC(C)Oc1cc(-c2c(Cl)n3n(c2=O)CCCC3)c(F)cc1Cl. The summed E-state index contributed by atoms with van der Waals surface area (Å²) >= 11 is 12.4. The third kappa shape index (κ3) is 2.81. The van der Waals surface area contributed by atoms with E-state index in [4.69, 9.17) is 34.4 Å². The zero-order valence-electron chi connectivity index (χ0n) is 13.0. The van der Waals surface area contributed by atoms with Crippen molar-refractivity contribution in [2.75, 3.05) is 0 Å². The lowest BCUT2D eigenvalue weighted by Crippen LogP contribution is -2.27. The van der Waals surface area contributed by atoms with E-state index in [0.29, 0.717) is 13.1 Å². The van der Waals surface area contributed by atoms with Crippen molar-refractivity contribution in [3.8, 4) is 29.2 Å². The minimum absolute atomic E-state index is 0.0584. The van der Waals surface area contributed by atoms with Crippen LogP contribution >= 0.6 is 23.2 Å². The van der Waals surface area contributed by atoms with Gasteiger partial charge < -0.3 is 4.74 Å². The summed E-state index contributed by atoms with van der Waals surface area (Å²) in [6, 6.07) is 2.48. The van der Waals surface area contributed by atoms with Gasteiger partial charge in [-0.25, -0.2) is 9.07 Å². The van der Waals surface area contributed by atoms with E-state index in [1.54, 1.807) is 16.3 Å². The van der Waals surface area contributed by atoms with Gasteiger partial charge in [0.1, 0.15) is 16.7 Å². The van der Waals surface area contributed by atoms with E-state index >= 15 is 0 Å². The number of rotatable bonds is 3. The summed E-state index contributed by atoms with van der Waals surface area (Å²) in [5.74, 6) is 1.98. The van der Waals surface area contributed by atoms with Crippen LogP contribution < -0.4 is 10.3 Å². The molecule has 1 aliphatic heterocycles. The minimum atomic E-state index is -0.636. The first-order valence-electron chi connectivity index (χ1n) is 7.55. The summed E-state index contributed by atoms with van der Waals surface area (Å²) in [5.41, 5.74) is -0.147. The van der Waals surface area contributed by atoms with Crippen molar-refractivity contribution in [2.45, 2.75) is 39.0 Å². The van der Waals surface area contributed by atoms with Crippen LogP contribution in [0.3, 0.4) is 0 Å². The fourth-order valence-electron chi connectivity index (χ4n) is 2.79. The lowest BCUT2D eigenvalue weighted by atomic mass is 10.1. The molecule has 4 nitrogen and oxygen atoms in total. The first-order chi connectivity index (χ1) is 11.4. The second-order valence-electron chi connectivity index (χ2n) is 5.61. The second-order valence-corrected chi connectivity index (χ2v) is 6.38. The lowest BCUT2D eigenvalue weighted by molar-refractivity contribution is 0.279. The molecule has 0 amide bonds. The molecule has 0 fully saturated rings. The molecule has 2 aromatic rings. The maximum absolute atomic E-state index is 14.5. The fraction of sp³-hybridized carbons (Fsp3) is 0.353. The molecule has 1 atom stereocenters. The quantitative estimate of drug-likeness (QED) is 0.768. The first kappa shape index (κ1) is 16.9. The van der Waals surface area contributed by atoms with E-state index in [0.717, 1.165) is 18.9 Å². The first-order valence-corrected chi connectivity index (χ1v) is 8.31. The minimum Gasteiger partial charge on any atom is -0.476 e. The Labute approximate surface area is 148 Å². The number of hydrogen-bond donors (Lipinski definition) is 0. The highest BCUT2D eigenvalue weighted by molar-refractivity contribution is 6.33. The Morgan fingerprint density at radius 3 is 2.58 bits per heavy atom. The third-order valence-corrected chi connectivity index (χ3v) is 4.67. The van der Waals surface area contributed by atoms with Crippen LogP contribution in [0.5, 0.6) is 5.75 Å². The maximum atomic E-state index is 14.5. The van der Waals surface area contributed by atoms with Gasteiger partial charge in [0.05, 0.1) is 10.6 Å². The summed E-state index contributed by atoms with van der Waals surface area (Å²) in [7, 11) is 0. The second kappa shape index (κ2) is 6.54. The Kier molecular flexibility index (Phi) is 4.62. The molecule has 2 heterocycles. The van der Waals surface area contributed by atoms with Crippen molar-refractivity contribution in [2.24, 2.45) is 0 Å². The highest BCUT2D eigenvalue weighted by Crippen LogP contribution is 2.36. The average Bonchev–Trinajstić information content (AvgIpc) is 2.82. The predicted octanol–water partition coefficient (Wildman–Crippen LogP) is 3.96. The van der Waals surface area contributed by atoms with E-state index in [2.05, 4.69) is 5.92 Å². The third-order valence-electron chi connectivity index (χ3n) is 3.99. The number of halogens is 3. The van der Waals surface area contributed by atoms with Gasteiger partial charge in [0.15, 0.2) is 6.10 Å². The normalized spacial score (nSPS) is 14.8. The predicted molar refractivity (Wildman–Crippen MR) is 92.3 cm³/mol. The summed E-state index contributed by atoms with van der Waals surface area (Å²) in [5, 5.41) is 0.301.